The first-order chi connectivity index (χ1) is 9.58. The van der Waals surface area contributed by atoms with E-state index in [1.165, 1.54) is 6.07 Å². The highest BCUT2D eigenvalue weighted by molar-refractivity contribution is 5.81. The van der Waals surface area contributed by atoms with Crippen molar-refractivity contribution in [3.05, 3.63) is 35.1 Å². The normalized spacial score (nSPS) is 17.8. The van der Waals surface area contributed by atoms with Gasteiger partial charge in [-0.05, 0) is 31.0 Å². The molecule has 0 saturated carbocycles. The molecule has 1 aliphatic rings. The minimum atomic E-state index is -0.221. The van der Waals surface area contributed by atoms with Crippen LogP contribution in [0.4, 0.5) is 4.39 Å². The van der Waals surface area contributed by atoms with Crippen molar-refractivity contribution < 1.29 is 13.9 Å². The van der Waals surface area contributed by atoms with E-state index in [0.29, 0.717) is 25.3 Å². The van der Waals surface area contributed by atoms with Crippen LogP contribution in [-0.2, 0) is 16.1 Å². The van der Waals surface area contributed by atoms with Crippen molar-refractivity contribution in [3.8, 4) is 0 Å². The summed E-state index contributed by atoms with van der Waals surface area (Å²) in [5.74, 6) is -0.226. The number of carbonyl (C=O) groups excluding carboxylic acids is 1. The summed E-state index contributed by atoms with van der Waals surface area (Å²) >= 11 is 0. The number of amides is 1. The van der Waals surface area contributed by atoms with Crippen LogP contribution >= 0.6 is 0 Å². The first-order valence-electron chi connectivity index (χ1n) is 6.92. The number of carbonyl (C=O) groups is 1. The van der Waals surface area contributed by atoms with Gasteiger partial charge < -0.3 is 10.1 Å². The maximum atomic E-state index is 13.2. The topological polar surface area (TPSA) is 41.6 Å². The van der Waals surface area contributed by atoms with Crippen molar-refractivity contribution in [2.75, 3.05) is 26.3 Å². The van der Waals surface area contributed by atoms with E-state index >= 15 is 0 Å². The van der Waals surface area contributed by atoms with Gasteiger partial charge in [-0.3, -0.25) is 9.69 Å². The largest absolute Gasteiger partial charge is 0.379 e. The number of halogens is 1. The second kappa shape index (κ2) is 6.81. The van der Waals surface area contributed by atoms with E-state index in [9.17, 15) is 9.18 Å². The standard InChI is InChI=1S/C15H21FN2O2/c1-11-9-13(3-4-14(11)16)10-17-15(19)12(2)18-5-7-20-8-6-18/h3-4,9,12H,5-8,10H2,1-2H3,(H,17,19)/t12-/m0/s1. The van der Waals surface area contributed by atoms with Crippen LogP contribution in [0, 0.1) is 12.7 Å². The molecule has 1 aromatic carbocycles. The van der Waals surface area contributed by atoms with Crippen molar-refractivity contribution in [2.24, 2.45) is 0 Å². The predicted octanol–water partition coefficient (Wildman–Crippen LogP) is 1.47. The summed E-state index contributed by atoms with van der Waals surface area (Å²) in [6.45, 7) is 6.96. The summed E-state index contributed by atoms with van der Waals surface area (Å²) in [6, 6.07) is 4.72. The molecule has 1 fully saturated rings. The van der Waals surface area contributed by atoms with Gasteiger partial charge in [-0.1, -0.05) is 12.1 Å². The summed E-state index contributed by atoms with van der Waals surface area (Å²) < 4.78 is 18.4. The first-order valence-corrected chi connectivity index (χ1v) is 6.92. The van der Waals surface area contributed by atoms with Crippen molar-refractivity contribution >= 4 is 5.91 Å². The molecule has 0 aliphatic carbocycles. The van der Waals surface area contributed by atoms with Gasteiger partial charge in [0.2, 0.25) is 5.91 Å². The molecule has 0 aromatic heterocycles. The van der Waals surface area contributed by atoms with Crippen LogP contribution in [0.1, 0.15) is 18.1 Å². The van der Waals surface area contributed by atoms with Crippen LogP contribution in [-0.4, -0.2) is 43.2 Å². The van der Waals surface area contributed by atoms with Crippen molar-refractivity contribution in [1.82, 2.24) is 10.2 Å². The number of aryl methyl sites for hydroxylation is 1. The molecule has 0 spiro atoms. The van der Waals surface area contributed by atoms with E-state index in [4.69, 9.17) is 4.74 Å². The molecular formula is C15H21FN2O2. The molecule has 1 N–H and O–H groups in total. The summed E-state index contributed by atoms with van der Waals surface area (Å²) in [5, 5.41) is 2.90. The van der Waals surface area contributed by atoms with Gasteiger partial charge in [0.05, 0.1) is 19.3 Å². The minimum Gasteiger partial charge on any atom is -0.379 e. The Bertz CT molecular complexity index is 473. The van der Waals surface area contributed by atoms with Crippen LogP contribution in [0.3, 0.4) is 0 Å². The molecule has 1 saturated heterocycles. The van der Waals surface area contributed by atoms with E-state index in [0.717, 1.165) is 18.7 Å². The average Bonchev–Trinajstić information content (AvgIpc) is 2.48. The second-order valence-corrected chi connectivity index (χ2v) is 5.13. The minimum absolute atomic E-state index is 0.00567. The Hall–Kier alpha value is -1.46. The SMILES string of the molecule is Cc1cc(CNC(=O)[C@H](C)N2CCOCC2)ccc1F. The third-order valence-electron chi connectivity index (χ3n) is 3.66. The Balaban J connectivity index is 1.86. The van der Waals surface area contributed by atoms with E-state index in [2.05, 4.69) is 10.2 Å². The number of rotatable bonds is 4. The summed E-state index contributed by atoms with van der Waals surface area (Å²) in [6.07, 6.45) is 0. The molecule has 20 heavy (non-hydrogen) atoms. The van der Waals surface area contributed by atoms with Gasteiger partial charge in [0.25, 0.3) is 0 Å². The summed E-state index contributed by atoms with van der Waals surface area (Å²) in [7, 11) is 0. The highest BCUT2D eigenvalue weighted by Crippen LogP contribution is 2.09. The number of morpholine rings is 1. The lowest BCUT2D eigenvalue weighted by molar-refractivity contribution is -0.127. The highest BCUT2D eigenvalue weighted by Gasteiger charge is 2.22. The van der Waals surface area contributed by atoms with Crippen LogP contribution in [0.5, 0.6) is 0 Å². The third kappa shape index (κ3) is 3.77. The number of nitrogens with zero attached hydrogens (tertiary/aromatic N) is 1. The molecule has 1 aromatic rings. The van der Waals surface area contributed by atoms with Crippen LogP contribution < -0.4 is 5.32 Å². The molecule has 1 aliphatic heterocycles. The van der Waals surface area contributed by atoms with Gasteiger partial charge in [-0.25, -0.2) is 4.39 Å². The Morgan fingerprint density at radius 1 is 1.45 bits per heavy atom. The molecular weight excluding hydrogens is 259 g/mol. The zero-order chi connectivity index (χ0) is 14.5. The van der Waals surface area contributed by atoms with Crippen molar-refractivity contribution in [3.63, 3.8) is 0 Å². The lowest BCUT2D eigenvalue weighted by Crippen LogP contribution is -2.49. The van der Waals surface area contributed by atoms with Gasteiger partial charge in [-0.2, -0.15) is 0 Å². The molecule has 4 nitrogen and oxygen atoms in total. The zero-order valence-electron chi connectivity index (χ0n) is 12.0. The lowest BCUT2D eigenvalue weighted by Gasteiger charge is -2.31. The zero-order valence-corrected chi connectivity index (χ0v) is 12.0. The number of nitrogens with one attached hydrogen (secondary N) is 1. The number of benzene rings is 1. The summed E-state index contributed by atoms with van der Waals surface area (Å²) in [5.41, 5.74) is 1.50. The van der Waals surface area contributed by atoms with Crippen LogP contribution in [0.2, 0.25) is 0 Å². The van der Waals surface area contributed by atoms with E-state index in [1.807, 2.05) is 6.92 Å². The highest BCUT2D eigenvalue weighted by atomic mass is 19.1. The smallest absolute Gasteiger partial charge is 0.237 e. The predicted molar refractivity (Wildman–Crippen MR) is 74.8 cm³/mol. The van der Waals surface area contributed by atoms with Crippen molar-refractivity contribution in [1.29, 1.82) is 0 Å². The fourth-order valence-corrected chi connectivity index (χ4v) is 2.28. The van der Waals surface area contributed by atoms with Gasteiger partial charge in [0.1, 0.15) is 5.82 Å². The van der Waals surface area contributed by atoms with E-state index in [1.54, 1.807) is 19.1 Å². The monoisotopic (exact) mass is 280 g/mol. The molecule has 1 heterocycles. The molecule has 1 atom stereocenters. The molecule has 0 radical (unpaired) electrons. The maximum absolute atomic E-state index is 13.2. The number of hydrogen-bond acceptors (Lipinski definition) is 3. The number of hydrogen-bond donors (Lipinski definition) is 1. The van der Waals surface area contributed by atoms with Gasteiger partial charge >= 0.3 is 0 Å². The van der Waals surface area contributed by atoms with E-state index in [-0.39, 0.29) is 17.8 Å². The second-order valence-electron chi connectivity index (χ2n) is 5.13. The fourth-order valence-electron chi connectivity index (χ4n) is 2.28. The van der Waals surface area contributed by atoms with Gasteiger partial charge in [-0.15, -0.1) is 0 Å². The molecule has 0 unspecified atom stereocenters. The summed E-state index contributed by atoms with van der Waals surface area (Å²) in [4.78, 5) is 14.2. The Morgan fingerprint density at radius 3 is 2.80 bits per heavy atom. The molecule has 5 heteroatoms. The van der Waals surface area contributed by atoms with Crippen LogP contribution in [0.15, 0.2) is 18.2 Å². The Morgan fingerprint density at radius 2 is 2.15 bits per heavy atom. The molecule has 110 valence electrons. The lowest BCUT2D eigenvalue weighted by atomic mass is 10.1. The fraction of sp³-hybridized carbons (Fsp3) is 0.533. The van der Waals surface area contributed by atoms with E-state index < -0.39 is 0 Å². The third-order valence-corrected chi connectivity index (χ3v) is 3.66. The Kier molecular flexibility index (Phi) is 5.09. The van der Waals surface area contributed by atoms with Gasteiger partial charge in [0.15, 0.2) is 0 Å². The first kappa shape index (κ1) is 14.9. The number of ether oxygens (including phenoxy) is 1. The maximum Gasteiger partial charge on any atom is 0.237 e. The molecule has 1 amide bonds. The van der Waals surface area contributed by atoms with Gasteiger partial charge in [0, 0.05) is 19.6 Å². The quantitative estimate of drug-likeness (QED) is 0.908. The molecule has 0 bridgehead atoms. The van der Waals surface area contributed by atoms with Crippen molar-refractivity contribution in [2.45, 2.75) is 26.4 Å². The van der Waals surface area contributed by atoms with Crippen LogP contribution in [0.25, 0.3) is 0 Å². The molecule has 2 rings (SSSR count). The Labute approximate surface area is 118 Å². The average molecular weight is 280 g/mol.